The molecule has 1 amide bonds. The highest BCUT2D eigenvalue weighted by Gasteiger charge is 2.05. The first-order valence-corrected chi connectivity index (χ1v) is 7.28. The van der Waals surface area contributed by atoms with Gasteiger partial charge in [-0.05, 0) is 42.8 Å². The van der Waals surface area contributed by atoms with Gasteiger partial charge in [0, 0.05) is 6.08 Å². The molecule has 0 aliphatic carbocycles. The number of amides is 1. The number of hydrogen-bond donors (Lipinski definition) is 2. The van der Waals surface area contributed by atoms with Gasteiger partial charge < -0.3 is 20.5 Å². The number of ether oxygens (including phenoxy) is 2. The molecule has 0 fully saturated rings. The lowest BCUT2D eigenvalue weighted by Gasteiger charge is -2.09. The number of rotatable bonds is 6. The molecule has 23 heavy (non-hydrogen) atoms. The Morgan fingerprint density at radius 2 is 2.00 bits per heavy atom. The van der Waals surface area contributed by atoms with Gasteiger partial charge in [0.25, 0.3) is 0 Å². The summed E-state index contributed by atoms with van der Waals surface area (Å²) in [6.45, 7) is 2.47. The molecule has 0 aliphatic rings. The van der Waals surface area contributed by atoms with E-state index in [9.17, 15) is 4.79 Å². The minimum absolute atomic E-state index is 0.254. The Hall–Kier alpha value is -2.95. The average Bonchev–Trinajstić information content (AvgIpc) is 2.56. The van der Waals surface area contributed by atoms with E-state index in [0.717, 1.165) is 5.56 Å². The number of benzene rings is 2. The summed E-state index contributed by atoms with van der Waals surface area (Å²) in [5, 5.41) is 2.73. The molecule has 0 aromatic heterocycles. The molecule has 0 bridgehead atoms. The fraction of sp³-hybridized carbons (Fsp3) is 0.167. The third-order valence-corrected chi connectivity index (χ3v) is 3.13. The molecular weight excluding hydrogens is 292 g/mol. The molecule has 120 valence electrons. The monoisotopic (exact) mass is 312 g/mol. The van der Waals surface area contributed by atoms with Gasteiger partial charge >= 0.3 is 0 Å². The number of carbonyl (C=O) groups excluding carboxylic acids is 1. The summed E-state index contributed by atoms with van der Waals surface area (Å²) in [5.41, 5.74) is 7.74. The first-order valence-electron chi connectivity index (χ1n) is 7.28. The molecule has 2 aromatic carbocycles. The Bertz CT molecular complexity index is 711. The summed E-state index contributed by atoms with van der Waals surface area (Å²) in [5.74, 6) is 1.05. The maximum atomic E-state index is 12.0. The molecule has 0 saturated carbocycles. The normalized spacial score (nSPS) is 10.5. The van der Waals surface area contributed by atoms with Crippen molar-refractivity contribution in [2.24, 2.45) is 0 Å². The van der Waals surface area contributed by atoms with Crippen molar-refractivity contribution in [2.45, 2.75) is 6.92 Å². The highest BCUT2D eigenvalue weighted by atomic mass is 16.5. The first-order chi connectivity index (χ1) is 11.1. The van der Waals surface area contributed by atoms with Crippen LogP contribution in [-0.2, 0) is 4.79 Å². The van der Waals surface area contributed by atoms with Gasteiger partial charge in [-0.3, -0.25) is 4.79 Å². The summed E-state index contributed by atoms with van der Waals surface area (Å²) in [4.78, 5) is 12.0. The highest BCUT2D eigenvalue weighted by molar-refractivity contribution is 6.03. The van der Waals surface area contributed by atoms with Gasteiger partial charge in [-0.1, -0.05) is 18.2 Å². The molecule has 5 heteroatoms. The van der Waals surface area contributed by atoms with Gasteiger partial charge in [0.1, 0.15) is 0 Å². The average molecular weight is 312 g/mol. The van der Waals surface area contributed by atoms with E-state index < -0.39 is 0 Å². The summed E-state index contributed by atoms with van der Waals surface area (Å²) in [6.07, 6.45) is 3.15. The highest BCUT2D eigenvalue weighted by Crippen LogP contribution is 2.28. The van der Waals surface area contributed by atoms with Crippen molar-refractivity contribution in [3.8, 4) is 11.5 Å². The number of para-hydroxylation sites is 2. The summed E-state index contributed by atoms with van der Waals surface area (Å²) < 4.78 is 10.7. The molecule has 0 unspecified atom stereocenters. The molecular formula is C18H20N2O3. The van der Waals surface area contributed by atoms with Crippen LogP contribution < -0.4 is 20.5 Å². The Morgan fingerprint density at radius 3 is 2.70 bits per heavy atom. The second kappa shape index (κ2) is 7.89. The number of nitrogens with two attached hydrogens (primary N) is 1. The van der Waals surface area contributed by atoms with Gasteiger partial charge in [0.15, 0.2) is 11.5 Å². The van der Waals surface area contributed by atoms with Gasteiger partial charge in [-0.2, -0.15) is 0 Å². The predicted molar refractivity (Wildman–Crippen MR) is 92.7 cm³/mol. The van der Waals surface area contributed by atoms with E-state index >= 15 is 0 Å². The van der Waals surface area contributed by atoms with Crippen LogP contribution in [0.15, 0.2) is 48.5 Å². The van der Waals surface area contributed by atoms with E-state index in [2.05, 4.69) is 5.32 Å². The largest absolute Gasteiger partial charge is 0.493 e. The molecule has 2 rings (SSSR count). The molecule has 0 aliphatic heterocycles. The minimum atomic E-state index is -0.254. The van der Waals surface area contributed by atoms with Gasteiger partial charge in [0.05, 0.1) is 25.1 Å². The van der Waals surface area contributed by atoms with Gasteiger partial charge in [-0.15, -0.1) is 0 Å². The molecule has 0 saturated heterocycles. The van der Waals surface area contributed by atoms with E-state index in [1.54, 1.807) is 25.3 Å². The second-order valence-corrected chi connectivity index (χ2v) is 4.75. The summed E-state index contributed by atoms with van der Waals surface area (Å²) in [6, 6.07) is 12.6. The van der Waals surface area contributed by atoms with Crippen LogP contribution in [0.2, 0.25) is 0 Å². The number of carbonyl (C=O) groups is 1. The van der Waals surface area contributed by atoms with Crippen molar-refractivity contribution < 1.29 is 14.3 Å². The Labute approximate surface area is 135 Å². The van der Waals surface area contributed by atoms with Crippen molar-refractivity contribution in [1.82, 2.24) is 0 Å². The molecule has 0 atom stereocenters. The number of hydrogen-bond acceptors (Lipinski definition) is 4. The van der Waals surface area contributed by atoms with Crippen LogP contribution in [0.1, 0.15) is 12.5 Å². The first kappa shape index (κ1) is 16.4. The molecule has 0 spiro atoms. The zero-order chi connectivity index (χ0) is 16.7. The van der Waals surface area contributed by atoms with Gasteiger partial charge in [-0.25, -0.2) is 0 Å². The number of nitrogens with one attached hydrogen (secondary N) is 1. The van der Waals surface area contributed by atoms with E-state index in [4.69, 9.17) is 15.2 Å². The Morgan fingerprint density at radius 1 is 1.22 bits per heavy atom. The van der Waals surface area contributed by atoms with Crippen molar-refractivity contribution in [3.05, 3.63) is 54.1 Å². The predicted octanol–water partition coefficient (Wildman–Crippen LogP) is 3.33. The fourth-order valence-electron chi connectivity index (χ4n) is 2.02. The number of anilines is 2. The van der Waals surface area contributed by atoms with Crippen LogP contribution in [-0.4, -0.2) is 19.6 Å². The van der Waals surface area contributed by atoms with E-state index in [0.29, 0.717) is 29.5 Å². The van der Waals surface area contributed by atoms with E-state index in [-0.39, 0.29) is 5.91 Å². The van der Waals surface area contributed by atoms with Gasteiger partial charge in [0.2, 0.25) is 5.91 Å². The van der Waals surface area contributed by atoms with Crippen LogP contribution in [0.25, 0.3) is 6.08 Å². The van der Waals surface area contributed by atoms with Crippen molar-refractivity contribution >= 4 is 23.4 Å². The lowest BCUT2D eigenvalue weighted by molar-refractivity contribution is -0.111. The zero-order valence-electron chi connectivity index (χ0n) is 13.2. The lowest BCUT2D eigenvalue weighted by Crippen LogP contribution is -2.09. The SMILES string of the molecule is CCOc1ccc(/C=C/C(=O)Nc2ccccc2N)cc1OC. The standard InChI is InChI=1S/C18H20N2O3/c1-3-23-16-10-8-13(12-17(16)22-2)9-11-18(21)20-15-7-5-4-6-14(15)19/h4-12H,3,19H2,1-2H3,(H,20,21)/b11-9+. The third-order valence-electron chi connectivity index (χ3n) is 3.13. The van der Waals surface area contributed by atoms with E-state index in [1.807, 2.05) is 37.3 Å². The van der Waals surface area contributed by atoms with Crippen molar-refractivity contribution in [3.63, 3.8) is 0 Å². The Balaban J connectivity index is 2.07. The van der Waals surface area contributed by atoms with Crippen LogP contribution in [0.3, 0.4) is 0 Å². The Kier molecular flexibility index (Phi) is 5.63. The minimum Gasteiger partial charge on any atom is -0.493 e. The topological polar surface area (TPSA) is 73.6 Å². The second-order valence-electron chi connectivity index (χ2n) is 4.75. The molecule has 0 radical (unpaired) electrons. The summed E-state index contributed by atoms with van der Waals surface area (Å²) in [7, 11) is 1.58. The van der Waals surface area contributed by atoms with Crippen LogP contribution >= 0.6 is 0 Å². The van der Waals surface area contributed by atoms with Crippen molar-refractivity contribution in [1.29, 1.82) is 0 Å². The number of nitrogen functional groups attached to an aromatic ring is 1. The molecule has 2 aromatic rings. The van der Waals surface area contributed by atoms with Crippen LogP contribution in [0.5, 0.6) is 11.5 Å². The maximum absolute atomic E-state index is 12.0. The fourth-order valence-corrected chi connectivity index (χ4v) is 2.02. The lowest BCUT2D eigenvalue weighted by atomic mass is 10.2. The number of methoxy groups -OCH3 is 1. The summed E-state index contributed by atoms with van der Waals surface area (Å²) >= 11 is 0. The third kappa shape index (κ3) is 4.51. The van der Waals surface area contributed by atoms with E-state index in [1.165, 1.54) is 6.08 Å². The molecule has 0 heterocycles. The quantitative estimate of drug-likeness (QED) is 0.634. The van der Waals surface area contributed by atoms with Crippen LogP contribution in [0.4, 0.5) is 11.4 Å². The molecule has 5 nitrogen and oxygen atoms in total. The van der Waals surface area contributed by atoms with Crippen molar-refractivity contribution in [2.75, 3.05) is 24.8 Å². The smallest absolute Gasteiger partial charge is 0.248 e. The molecule has 3 N–H and O–H groups in total. The van der Waals surface area contributed by atoms with Crippen LogP contribution in [0, 0.1) is 0 Å². The maximum Gasteiger partial charge on any atom is 0.248 e. The zero-order valence-corrected chi connectivity index (χ0v) is 13.2.